The monoisotopic (exact) mass is 444 g/mol. The molecule has 0 aliphatic rings. The van der Waals surface area contributed by atoms with Crippen molar-refractivity contribution in [1.29, 1.82) is 0 Å². The second-order valence-electron chi connectivity index (χ2n) is 6.97. The summed E-state index contributed by atoms with van der Waals surface area (Å²) in [7, 11) is -5.74. The summed E-state index contributed by atoms with van der Waals surface area (Å²) in [6, 6.07) is 12.4. The molecular formula is C22H27F3O4S. The molecule has 0 spiro atoms. The first-order valence-electron chi connectivity index (χ1n) is 10.1. The number of hydrogen-bond acceptors (Lipinski definition) is 4. The summed E-state index contributed by atoms with van der Waals surface area (Å²) in [5, 5.41) is 0. The van der Waals surface area contributed by atoms with Crippen LogP contribution in [0, 0.1) is 0 Å². The molecule has 0 aliphatic carbocycles. The summed E-state index contributed by atoms with van der Waals surface area (Å²) >= 11 is 0. The molecule has 0 atom stereocenters. The van der Waals surface area contributed by atoms with Gasteiger partial charge in [0, 0.05) is 5.56 Å². The first kappa shape index (κ1) is 24.1. The van der Waals surface area contributed by atoms with E-state index >= 15 is 0 Å². The van der Waals surface area contributed by atoms with Crippen LogP contribution in [0.25, 0.3) is 11.1 Å². The van der Waals surface area contributed by atoms with E-state index in [9.17, 15) is 21.6 Å². The Morgan fingerprint density at radius 1 is 0.833 bits per heavy atom. The maximum Gasteiger partial charge on any atom is 0.534 e. The van der Waals surface area contributed by atoms with Gasteiger partial charge in [-0.05, 0) is 30.2 Å². The smallest absolute Gasteiger partial charge is 0.494 e. The molecule has 2 aromatic rings. The lowest BCUT2D eigenvalue weighted by molar-refractivity contribution is -0.0499. The van der Waals surface area contributed by atoms with Crippen LogP contribution in [-0.2, 0) is 10.1 Å². The van der Waals surface area contributed by atoms with Crippen LogP contribution in [-0.4, -0.2) is 20.5 Å². The molecule has 0 aromatic heterocycles. The number of rotatable bonds is 12. The van der Waals surface area contributed by atoms with Gasteiger partial charge in [-0.3, -0.25) is 0 Å². The third kappa shape index (κ3) is 7.23. The molecule has 0 radical (unpaired) electrons. The largest absolute Gasteiger partial charge is 0.534 e. The maximum atomic E-state index is 12.6. The first-order chi connectivity index (χ1) is 14.2. The van der Waals surface area contributed by atoms with E-state index in [0.29, 0.717) is 17.9 Å². The topological polar surface area (TPSA) is 52.6 Å². The van der Waals surface area contributed by atoms with Crippen LogP contribution in [0.5, 0.6) is 11.5 Å². The van der Waals surface area contributed by atoms with Crippen LogP contribution in [0.3, 0.4) is 0 Å². The average molecular weight is 445 g/mol. The molecule has 0 unspecified atom stereocenters. The fourth-order valence-electron chi connectivity index (χ4n) is 2.92. The molecular weight excluding hydrogens is 417 g/mol. The Hall–Kier alpha value is -2.22. The number of unbranched alkanes of at least 4 members (excludes halogenated alkanes) is 6. The summed E-state index contributed by atoms with van der Waals surface area (Å²) < 4.78 is 70.6. The number of hydrogen-bond donors (Lipinski definition) is 0. The summed E-state index contributed by atoms with van der Waals surface area (Å²) in [5.41, 5.74) is -4.73. The number of ether oxygens (including phenoxy) is 1. The van der Waals surface area contributed by atoms with E-state index in [-0.39, 0.29) is 11.3 Å². The molecule has 0 fully saturated rings. The molecule has 8 heteroatoms. The summed E-state index contributed by atoms with van der Waals surface area (Å²) in [6.07, 6.45) is 8.29. The van der Waals surface area contributed by atoms with Gasteiger partial charge in [-0.15, -0.1) is 0 Å². The van der Waals surface area contributed by atoms with Gasteiger partial charge in [-0.2, -0.15) is 21.6 Å². The quantitative estimate of drug-likeness (QED) is 0.207. The van der Waals surface area contributed by atoms with Gasteiger partial charge in [0.2, 0.25) is 0 Å². The van der Waals surface area contributed by atoms with Crippen molar-refractivity contribution in [3.8, 4) is 22.6 Å². The third-order valence-corrected chi connectivity index (χ3v) is 5.52. The number of halogens is 3. The van der Waals surface area contributed by atoms with Crippen molar-refractivity contribution in [2.75, 3.05) is 6.61 Å². The van der Waals surface area contributed by atoms with Crippen molar-refractivity contribution < 1.29 is 30.5 Å². The van der Waals surface area contributed by atoms with E-state index in [1.54, 1.807) is 30.3 Å². The zero-order valence-corrected chi connectivity index (χ0v) is 17.8. The molecule has 2 rings (SSSR count). The Morgan fingerprint density at radius 3 is 2.07 bits per heavy atom. The van der Waals surface area contributed by atoms with Gasteiger partial charge in [0.15, 0.2) is 5.75 Å². The molecule has 0 bridgehead atoms. The lowest BCUT2D eigenvalue weighted by Gasteiger charge is -2.13. The molecule has 0 saturated heterocycles. The zero-order valence-electron chi connectivity index (χ0n) is 17.0. The third-order valence-electron chi connectivity index (χ3n) is 4.55. The molecule has 0 aliphatic heterocycles. The van der Waals surface area contributed by atoms with Crippen molar-refractivity contribution in [1.82, 2.24) is 0 Å². The highest BCUT2D eigenvalue weighted by atomic mass is 32.2. The molecule has 2 aromatic carbocycles. The lowest BCUT2D eigenvalue weighted by atomic mass is 10.0. The molecule has 4 nitrogen and oxygen atoms in total. The van der Waals surface area contributed by atoms with E-state index in [2.05, 4.69) is 11.1 Å². The van der Waals surface area contributed by atoms with Crippen LogP contribution in [0.2, 0.25) is 0 Å². The lowest BCUT2D eigenvalue weighted by Crippen LogP contribution is -2.28. The molecule has 0 heterocycles. The predicted octanol–water partition coefficient (Wildman–Crippen LogP) is 6.71. The van der Waals surface area contributed by atoms with Crippen molar-refractivity contribution >= 4 is 10.1 Å². The number of alkyl halides is 3. The van der Waals surface area contributed by atoms with Crippen LogP contribution in [0.15, 0.2) is 48.5 Å². The minimum absolute atomic E-state index is 0.240. The minimum Gasteiger partial charge on any atom is -0.494 e. The van der Waals surface area contributed by atoms with Gasteiger partial charge >= 0.3 is 15.6 Å². The molecule has 0 amide bonds. The fourth-order valence-corrected chi connectivity index (χ4v) is 3.40. The predicted molar refractivity (Wildman–Crippen MR) is 111 cm³/mol. The highest BCUT2D eigenvalue weighted by molar-refractivity contribution is 7.88. The first-order valence-corrected chi connectivity index (χ1v) is 11.5. The Kier molecular flexibility index (Phi) is 9.02. The Labute approximate surface area is 176 Å². The minimum atomic E-state index is -5.74. The van der Waals surface area contributed by atoms with Crippen LogP contribution >= 0.6 is 0 Å². The van der Waals surface area contributed by atoms with Gasteiger partial charge in [0.05, 0.1) is 6.61 Å². The second kappa shape index (κ2) is 11.2. The van der Waals surface area contributed by atoms with Crippen LogP contribution in [0.4, 0.5) is 13.2 Å². The van der Waals surface area contributed by atoms with Crippen LogP contribution in [0.1, 0.15) is 51.9 Å². The summed E-state index contributed by atoms with van der Waals surface area (Å²) in [4.78, 5) is 0. The normalized spacial score (nSPS) is 12.0. The van der Waals surface area contributed by atoms with E-state index in [1.165, 1.54) is 50.3 Å². The summed E-state index contributed by atoms with van der Waals surface area (Å²) in [5.74, 6) is 0.262. The SMILES string of the molecule is CCCCCCCCCOc1ccc(-c2ccccc2OS(=O)(=O)C(F)(F)F)cc1. The highest BCUT2D eigenvalue weighted by Gasteiger charge is 2.48. The van der Waals surface area contributed by atoms with Crippen molar-refractivity contribution in [2.24, 2.45) is 0 Å². The Bertz CT molecular complexity index is 878. The van der Waals surface area contributed by atoms with Crippen molar-refractivity contribution in [2.45, 2.75) is 57.4 Å². The molecule has 0 N–H and O–H groups in total. The standard InChI is InChI=1S/C22H27F3O4S/c1-2-3-4-5-6-7-10-17-28-19-15-13-18(14-16-19)20-11-8-9-12-21(20)29-30(26,27)22(23,24)25/h8-9,11-16H,2-7,10,17H2,1H3. The van der Waals surface area contributed by atoms with Crippen LogP contribution < -0.4 is 8.92 Å². The Balaban J connectivity index is 1.94. The van der Waals surface area contributed by atoms with E-state index in [1.807, 2.05) is 0 Å². The number of benzene rings is 2. The van der Waals surface area contributed by atoms with E-state index in [0.717, 1.165) is 12.8 Å². The zero-order chi connectivity index (χ0) is 22.0. The highest BCUT2D eigenvalue weighted by Crippen LogP contribution is 2.34. The Morgan fingerprint density at radius 2 is 1.43 bits per heavy atom. The number of para-hydroxylation sites is 1. The maximum absolute atomic E-state index is 12.6. The average Bonchev–Trinajstić information content (AvgIpc) is 2.70. The van der Waals surface area contributed by atoms with Gasteiger partial charge in [0.1, 0.15) is 5.75 Å². The molecule has 166 valence electrons. The van der Waals surface area contributed by atoms with Gasteiger partial charge in [0.25, 0.3) is 0 Å². The van der Waals surface area contributed by atoms with Gasteiger partial charge in [-0.1, -0.05) is 75.8 Å². The second-order valence-corrected chi connectivity index (χ2v) is 8.51. The fraction of sp³-hybridized carbons (Fsp3) is 0.455. The summed E-state index contributed by atoms with van der Waals surface area (Å²) in [6.45, 7) is 2.78. The van der Waals surface area contributed by atoms with Gasteiger partial charge < -0.3 is 8.92 Å². The van der Waals surface area contributed by atoms with E-state index < -0.39 is 15.6 Å². The molecule has 30 heavy (non-hydrogen) atoms. The van der Waals surface area contributed by atoms with Crippen molar-refractivity contribution in [3.63, 3.8) is 0 Å². The van der Waals surface area contributed by atoms with Crippen molar-refractivity contribution in [3.05, 3.63) is 48.5 Å². The molecule has 0 saturated carbocycles. The van der Waals surface area contributed by atoms with Gasteiger partial charge in [-0.25, -0.2) is 0 Å². The van der Waals surface area contributed by atoms with E-state index in [4.69, 9.17) is 4.74 Å².